The zero-order valence-electron chi connectivity index (χ0n) is 24.6. The van der Waals surface area contributed by atoms with Crippen LogP contribution in [-0.2, 0) is 0 Å². The number of allylic oxidation sites excluding steroid dienone is 15. The van der Waals surface area contributed by atoms with Crippen molar-refractivity contribution in [1.82, 2.24) is 0 Å². The van der Waals surface area contributed by atoms with Crippen molar-refractivity contribution in [2.45, 2.75) is 94.4 Å². The van der Waals surface area contributed by atoms with Gasteiger partial charge >= 0.3 is 0 Å². The van der Waals surface area contributed by atoms with Crippen molar-refractivity contribution < 1.29 is 0 Å². The molecule has 3 unspecified atom stereocenters. The van der Waals surface area contributed by atoms with E-state index in [2.05, 4.69) is 95.2 Å². The first kappa shape index (κ1) is 35.2. The molecule has 0 nitrogen and oxygen atoms in total. The topological polar surface area (TPSA) is 0 Å². The van der Waals surface area contributed by atoms with E-state index in [1.54, 1.807) is 0 Å². The van der Waals surface area contributed by atoms with E-state index in [1.807, 2.05) is 36.5 Å². The minimum atomic E-state index is -0.741. The summed E-state index contributed by atoms with van der Waals surface area (Å²) in [5, 5.41) is 4.44. The molecule has 0 heterocycles. The Hall–Kier alpha value is -1.81. The molecule has 0 saturated heterocycles. The van der Waals surface area contributed by atoms with E-state index in [0.717, 1.165) is 38.5 Å². The normalized spacial score (nSPS) is 15.0. The van der Waals surface area contributed by atoms with E-state index < -0.39 is 14.1 Å². The predicted molar refractivity (Wildman–Crippen MR) is 175 cm³/mol. The Bertz CT molecular complexity index is 630. The molecule has 3 atom stereocenters. The maximum atomic E-state index is 3.74. The highest BCUT2D eigenvalue weighted by atomic mass is 27.2. The molecule has 0 aromatic rings. The van der Waals surface area contributed by atoms with Crippen LogP contribution < -0.4 is 0 Å². The van der Waals surface area contributed by atoms with Gasteiger partial charge in [0, 0.05) is 0 Å². The van der Waals surface area contributed by atoms with Crippen molar-refractivity contribution in [2.24, 2.45) is 17.8 Å². The van der Waals surface area contributed by atoms with Crippen LogP contribution in [0.5, 0.6) is 0 Å². The molecule has 0 N–H and O–H groups in total. The molecule has 0 aromatic heterocycles. The predicted octanol–water partition coefficient (Wildman–Crippen LogP) is 11.8. The molecule has 204 valence electrons. The number of unbranched alkanes of at least 4 members (excludes halogenated alkanes) is 3. The lowest BCUT2D eigenvalue weighted by Gasteiger charge is -2.17. The quantitative estimate of drug-likeness (QED) is 0.0518. The zero-order valence-corrected chi connectivity index (χ0v) is 25.7. The van der Waals surface area contributed by atoms with Crippen LogP contribution in [0, 0.1) is 17.8 Å². The Kier molecular flexibility index (Phi) is 25.9. The Labute approximate surface area is 236 Å². The Morgan fingerprint density at radius 2 is 0.730 bits per heavy atom. The Morgan fingerprint density at radius 3 is 1.00 bits per heavy atom. The van der Waals surface area contributed by atoms with Crippen molar-refractivity contribution in [2.75, 3.05) is 0 Å². The van der Waals surface area contributed by atoms with Crippen LogP contribution in [-0.4, -0.2) is 14.1 Å². The molecule has 0 bridgehead atoms. The monoisotopic (exact) mass is 516 g/mol. The summed E-state index contributed by atoms with van der Waals surface area (Å²) < 4.78 is 0. The zero-order chi connectivity index (χ0) is 27.4. The van der Waals surface area contributed by atoms with Crippen LogP contribution in [0.15, 0.2) is 111 Å². The maximum absolute atomic E-state index is 3.74. The van der Waals surface area contributed by atoms with E-state index in [0.29, 0.717) is 17.8 Å². The first-order valence-electron chi connectivity index (χ1n) is 14.9. The minimum absolute atomic E-state index is 0.695. The lowest BCUT2D eigenvalue weighted by molar-refractivity contribution is 0.652. The van der Waals surface area contributed by atoms with Crippen molar-refractivity contribution in [1.29, 1.82) is 0 Å². The average molecular weight is 517 g/mol. The van der Waals surface area contributed by atoms with Gasteiger partial charge in [-0.25, -0.2) is 0 Å². The first-order chi connectivity index (χ1) is 18.0. The van der Waals surface area contributed by atoms with E-state index in [1.165, 1.54) is 35.1 Å². The summed E-state index contributed by atoms with van der Waals surface area (Å²) in [5.41, 5.74) is 0. The second kappa shape index (κ2) is 27.2. The molecule has 37 heavy (non-hydrogen) atoms. The van der Waals surface area contributed by atoms with Crippen molar-refractivity contribution in [3.05, 3.63) is 111 Å². The molecule has 0 aliphatic heterocycles. The number of hydrogen-bond acceptors (Lipinski definition) is 0. The van der Waals surface area contributed by atoms with E-state index in [9.17, 15) is 0 Å². The van der Waals surface area contributed by atoms with Crippen LogP contribution in [0.3, 0.4) is 0 Å². The van der Waals surface area contributed by atoms with Gasteiger partial charge in [0.1, 0.15) is 0 Å². The van der Waals surface area contributed by atoms with Gasteiger partial charge in [-0.2, -0.15) is 0 Å². The van der Waals surface area contributed by atoms with Gasteiger partial charge in [0.2, 0.25) is 0 Å². The van der Waals surface area contributed by atoms with Gasteiger partial charge in [0.15, 0.2) is 0 Å². The second-order valence-electron chi connectivity index (χ2n) is 10.5. The summed E-state index contributed by atoms with van der Waals surface area (Å²) in [6, 6.07) is 0. The fraction of sp³-hybridized carbons (Fsp3) is 0.500. The Morgan fingerprint density at radius 1 is 0.459 bits per heavy atom. The molecule has 1 heteroatoms. The van der Waals surface area contributed by atoms with E-state index in [4.69, 9.17) is 0 Å². The molecule has 0 spiro atoms. The fourth-order valence-electron chi connectivity index (χ4n) is 4.36. The maximum Gasteiger partial charge on any atom is 0.261 e. The highest BCUT2D eigenvalue weighted by Crippen LogP contribution is 2.23. The van der Waals surface area contributed by atoms with Gasteiger partial charge in [-0.15, -0.1) is 0 Å². The minimum Gasteiger partial charge on any atom is -0.0991 e. The van der Waals surface area contributed by atoms with Gasteiger partial charge < -0.3 is 0 Å². The third kappa shape index (κ3) is 25.6. The molecule has 0 saturated carbocycles. The summed E-state index contributed by atoms with van der Waals surface area (Å²) >= 11 is -0.741. The molecule has 0 rings (SSSR count). The Balaban J connectivity index is 4.68. The highest BCUT2D eigenvalue weighted by molar-refractivity contribution is 6.58. The number of hydrogen-bond donors (Lipinski definition) is 0. The molecular weight excluding hydrogens is 459 g/mol. The van der Waals surface area contributed by atoms with Gasteiger partial charge in [-0.05, 0) is 56.3 Å². The highest BCUT2D eigenvalue weighted by Gasteiger charge is 2.19. The SMILES string of the molecule is C=CC=CCCC=CC(C)C[CH2][Al]([CH2]CC(C)C=CCCC=CC=C)[CH2]CC(C)C=CCCC=CC=C. The second-order valence-corrected chi connectivity index (χ2v) is 14.0. The molecule has 0 fully saturated rings. The van der Waals surface area contributed by atoms with E-state index >= 15 is 0 Å². The van der Waals surface area contributed by atoms with Crippen LogP contribution in [0.2, 0.25) is 15.8 Å². The third-order valence-corrected chi connectivity index (χ3v) is 10.3. The first-order valence-corrected chi connectivity index (χ1v) is 17.3. The van der Waals surface area contributed by atoms with Crippen molar-refractivity contribution >= 4 is 14.1 Å². The fourth-order valence-corrected chi connectivity index (χ4v) is 8.22. The summed E-state index contributed by atoms with van der Waals surface area (Å²) in [7, 11) is 0. The smallest absolute Gasteiger partial charge is 0.0991 e. The summed E-state index contributed by atoms with van der Waals surface area (Å²) in [5.74, 6) is 2.08. The van der Waals surface area contributed by atoms with Gasteiger partial charge in [0.25, 0.3) is 14.1 Å². The van der Waals surface area contributed by atoms with Crippen LogP contribution in [0.25, 0.3) is 0 Å². The molecule has 0 radical (unpaired) electrons. The van der Waals surface area contributed by atoms with E-state index in [-0.39, 0.29) is 0 Å². The summed E-state index contributed by atoms with van der Waals surface area (Å²) in [6.45, 7) is 18.4. The van der Waals surface area contributed by atoms with Gasteiger partial charge in [-0.3, -0.25) is 0 Å². The molecule has 0 aliphatic carbocycles. The van der Waals surface area contributed by atoms with Crippen molar-refractivity contribution in [3.63, 3.8) is 0 Å². The van der Waals surface area contributed by atoms with Crippen LogP contribution in [0.1, 0.15) is 78.6 Å². The number of rotatable bonds is 24. The van der Waals surface area contributed by atoms with Crippen LogP contribution in [0.4, 0.5) is 0 Å². The largest absolute Gasteiger partial charge is 0.261 e. The molecular formula is C36H57Al. The lowest BCUT2D eigenvalue weighted by atomic mass is 10.1. The lowest BCUT2D eigenvalue weighted by Crippen LogP contribution is -2.15. The molecule has 0 aromatic carbocycles. The van der Waals surface area contributed by atoms with Crippen molar-refractivity contribution in [3.8, 4) is 0 Å². The third-order valence-electron chi connectivity index (χ3n) is 6.80. The average Bonchev–Trinajstić information content (AvgIpc) is 2.89. The van der Waals surface area contributed by atoms with Gasteiger partial charge in [-0.1, -0.05) is 167 Å². The molecule has 0 amide bonds. The summed E-state index contributed by atoms with van der Waals surface area (Å²) in [6.07, 6.45) is 43.6. The summed E-state index contributed by atoms with van der Waals surface area (Å²) in [4.78, 5) is 0. The standard InChI is InChI=1S/3C12H19.Al/c3*1-4-6-7-8-9-10-11-12(3)5-2;/h3*4,6-7,10-12H,1-2,5,8-9H2,3H3;. The molecule has 0 aliphatic rings. The van der Waals surface area contributed by atoms with Crippen LogP contribution >= 0.6 is 0 Å². The van der Waals surface area contributed by atoms with Gasteiger partial charge in [0.05, 0.1) is 0 Å².